The Morgan fingerprint density at radius 1 is 1.58 bits per heavy atom. The first-order chi connectivity index (χ1) is 9.16. The van der Waals surface area contributed by atoms with Crippen LogP contribution >= 0.6 is 11.3 Å². The van der Waals surface area contributed by atoms with E-state index in [1.807, 2.05) is 31.1 Å². The molecule has 2 amide bonds. The summed E-state index contributed by atoms with van der Waals surface area (Å²) in [5.74, 6) is 0.819. The van der Waals surface area contributed by atoms with Crippen molar-refractivity contribution in [1.82, 2.24) is 15.2 Å². The van der Waals surface area contributed by atoms with Gasteiger partial charge < -0.3 is 9.73 Å². The van der Waals surface area contributed by atoms with Gasteiger partial charge in [0.05, 0.1) is 12.3 Å². The van der Waals surface area contributed by atoms with Gasteiger partial charge in [-0.2, -0.15) is 0 Å². The molecule has 0 unspecified atom stereocenters. The predicted molar refractivity (Wildman–Crippen MR) is 74.3 cm³/mol. The van der Waals surface area contributed by atoms with Crippen molar-refractivity contribution < 1.29 is 9.21 Å². The van der Waals surface area contributed by atoms with Crippen LogP contribution in [0, 0.1) is 0 Å². The molecule has 0 aromatic carbocycles. The van der Waals surface area contributed by atoms with Gasteiger partial charge >= 0.3 is 6.03 Å². The molecule has 0 aliphatic rings. The van der Waals surface area contributed by atoms with Crippen LogP contribution in [0.4, 0.5) is 9.93 Å². The Morgan fingerprint density at radius 3 is 3.00 bits per heavy atom. The van der Waals surface area contributed by atoms with Crippen molar-refractivity contribution in [1.29, 1.82) is 0 Å². The lowest BCUT2D eigenvalue weighted by atomic mass is 10.2. The van der Waals surface area contributed by atoms with Gasteiger partial charge in [-0.1, -0.05) is 0 Å². The molecular weight excluding hydrogens is 264 g/mol. The second-order valence-corrected chi connectivity index (χ2v) is 5.06. The number of thiazole rings is 1. The Kier molecular flexibility index (Phi) is 4.53. The molecule has 0 saturated heterocycles. The minimum atomic E-state index is -0.270. The molecule has 2 rings (SSSR count). The van der Waals surface area contributed by atoms with Gasteiger partial charge in [-0.3, -0.25) is 10.2 Å². The van der Waals surface area contributed by atoms with E-state index in [1.54, 1.807) is 17.8 Å². The summed E-state index contributed by atoms with van der Waals surface area (Å²) in [6.07, 6.45) is 3.27. The van der Waals surface area contributed by atoms with E-state index in [1.165, 1.54) is 11.3 Å². The minimum absolute atomic E-state index is 0.00274. The van der Waals surface area contributed by atoms with Crippen molar-refractivity contribution in [3.8, 4) is 0 Å². The molecular formula is C12H16N4O2S. The Bertz CT molecular complexity index is 496. The van der Waals surface area contributed by atoms with Gasteiger partial charge in [-0.15, -0.1) is 11.3 Å². The maximum absolute atomic E-state index is 11.7. The second kappa shape index (κ2) is 6.35. The average molecular weight is 280 g/mol. The number of carbonyl (C=O) groups is 1. The number of carbonyl (C=O) groups excluding carboxylic acids is 1. The molecule has 0 aliphatic heterocycles. The molecule has 2 aromatic rings. The number of hydrogen-bond donors (Lipinski definition) is 2. The summed E-state index contributed by atoms with van der Waals surface area (Å²) in [5.41, 5.74) is 0. The third-order valence-electron chi connectivity index (χ3n) is 2.60. The predicted octanol–water partition coefficient (Wildman–Crippen LogP) is 2.16. The Morgan fingerprint density at radius 2 is 2.42 bits per heavy atom. The fourth-order valence-corrected chi connectivity index (χ4v) is 2.16. The van der Waals surface area contributed by atoms with Gasteiger partial charge in [-0.05, 0) is 26.2 Å². The number of nitrogens with one attached hydrogen (secondary N) is 2. The van der Waals surface area contributed by atoms with Gasteiger partial charge in [0.2, 0.25) is 0 Å². The number of hydrogen-bond acceptors (Lipinski definition) is 5. The fraction of sp³-hybridized carbons (Fsp3) is 0.333. The molecule has 2 aromatic heterocycles. The van der Waals surface area contributed by atoms with Crippen LogP contribution in [0.5, 0.6) is 0 Å². The van der Waals surface area contributed by atoms with E-state index in [-0.39, 0.29) is 12.1 Å². The molecule has 0 radical (unpaired) electrons. The van der Waals surface area contributed by atoms with E-state index < -0.39 is 0 Å². The number of anilines is 1. The second-order valence-electron chi connectivity index (χ2n) is 4.17. The van der Waals surface area contributed by atoms with Crippen LogP contribution in [-0.2, 0) is 0 Å². The van der Waals surface area contributed by atoms with E-state index in [0.717, 1.165) is 5.76 Å². The average Bonchev–Trinajstić information content (AvgIpc) is 3.01. The van der Waals surface area contributed by atoms with Crippen molar-refractivity contribution in [2.24, 2.45) is 0 Å². The van der Waals surface area contributed by atoms with E-state index in [9.17, 15) is 4.79 Å². The van der Waals surface area contributed by atoms with E-state index in [4.69, 9.17) is 4.42 Å². The molecule has 0 saturated carbocycles. The number of aromatic nitrogens is 1. The molecule has 102 valence electrons. The minimum Gasteiger partial charge on any atom is -0.468 e. The monoisotopic (exact) mass is 280 g/mol. The number of nitrogens with zero attached hydrogens (tertiary/aromatic N) is 2. The number of furan rings is 1. The van der Waals surface area contributed by atoms with Crippen LogP contribution in [0.1, 0.15) is 11.8 Å². The largest absolute Gasteiger partial charge is 0.468 e. The van der Waals surface area contributed by atoms with Crippen LogP contribution in [0.3, 0.4) is 0 Å². The summed E-state index contributed by atoms with van der Waals surface area (Å²) in [6, 6.07) is 3.46. The van der Waals surface area contributed by atoms with E-state index in [2.05, 4.69) is 15.6 Å². The number of amides is 2. The smallest absolute Gasteiger partial charge is 0.321 e. The summed E-state index contributed by atoms with van der Waals surface area (Å²) < 4.78 is 5.37. The molecule has 0 spiro atoms. The van der Waals surface area contributed by atoms with Gasteiger partial charge in [-0.25, -0.2) is 9.78 Å². The lowest BCUT2D eigenvalue weighted by Gasteiger charge is -2.22. The van der Waals surface area contributed by atoms with Crippen LogP contribution in [0.25, 0.3) is 0 Å². The highest BCUT2D eigenvalue weighted by molar-refractivity contribution is 7.13. The van der Waals surface area contributed by atoms with Crippen molar-refractivity contribution in [3.63, 3.8) is 0 Å². The zero-order valence-corrected chi connectivity index (χ0v) is 11.6. The Hall–Kier alpha value is -1.86. The molecule has 6 nitrogen and oxygen atoms in total. The molecule has 0 fully saturated rings. The van der Waals surface area contributed by atoms with Crippen molar-refractivity contribution in [3.05, 3.63) is 35.7 Å². The summed E-state index contributed by atoms with van der Waals surface area (Å²) in [6.45, 7) is 0.456. The molecule has 2 heterocycles. The number of rotatable bonds is 5. The Balaban J connectivity index is 1.87. The lowest BCUT2D eigenvalue weighted by Crippen LogP contribution is -2.36. The molecule has 0 aliphatic carbocycles. The SMILES string of the molecule is CN(C)[C@@H](CNC(=O)Nc1nccs1)c1ccco1. The van der Waals surface area contributed by atoms with Crippen LogP contribution < -0.4 is 10.6 Å². The number of urea groups is 1. The zero-order chi connectivity index (χ0) is 13.7. The maximum Gasteiger partial charge on any atom is 0.321 e. The molecule has 19 heavy (non-hydrogen) atoms. The normalized spacial score (nSPS) is 12.4. The maximum atomic E-state index is 11.7. The van der Waals surface area contributed by atoms with Gasteiger partial charge in [0.1, 0.15) is 5.76 Å². The van der Waals surface area contributed by atoms with Crippen molar-refractivity contribution in [2.45, 2.75) is 6.04 Å². The molecule has 2 N–H and O–H groups in total. The first-order valence-electron chi connectivity index (χ1n) is 5.81. The van der Waals surface area contributed by atoms with Crippen LogP contribution in [0.15, 0.2) is 34.4 Å². The highest BCUT2D eigenvalue weighted by atomic mass is 32.1. The highest BCUT2D eigenvalue weighted by Crippen LogP contribution is 2.17. The summed E-state index contributed by atoms with van der Waals surface area (Å²) in [4.78, 5) is 17.7. The first-order valence-corrected chi connectivity index (χ1v) is 6.69. The topological polar surface area (TPSA) is 70.4 Å². The lowest BCUT2D eigenvalue weighted by molar-refractivity contribution is 0.233. The quantitative estimate of drug-likeness (QED) is 0.880. The first kappa shape index (κ1) is 13.6. The van der Waals surface area contributed by atoms with E-state index in [0.29, 0.717) is 11.7 Å². The van der Waals surface area contributed by atoms with Crippen molar-refractivity contribution >= 4 is 22.5 Å². The van der Waals surface area contributed by atoms with E-state index >= 15 is 0 Å². The fourth-order valence-electron chi connectivity index (χ4n) is 1.63. The third kappa shape index (κ3) is 3.80. The zero-order valence-electron chi connectivity index (χ0n) is 10.8. The highest BCUT2D eigenvalue weighted by Gasteiger charge is 2.17. The van der Waals surface area contributed by atoms with Gasteiger partial charge in [0, 0.05) is 18.1 Å². The van der Waals surface area contributed by atoms with Crippen LogP contribution in [-0.4, -0.2) is 36.6 Å². The standard InChI is InChI=1S/C12H16N4O2S/c1-16(2)9(10-4-3-6-18-10)8-14-11(17)15-12-13-5-7-19-12/h3-7,9H,8H2,1-2H3,(H2,13,14,15,17)/t9-/m0/s1. The number of likely N-dealkylation sites (N-methyl/N-ethyl adjacent to an activating group) is 1. The molecule has 0 bridgehead atoms. The van der Waals surface area contributed by atoms with Gasteiger partial charge in [0.25, 0.3) is 0 Å². The summed E-state index contributed by atoms with van der Waals surface area (Å²) >= 11 is 1.38. The Labute approximate surface area is 115 Å². The third-order valence-corrected chi connectivity index (χ3v) is 3.29. The van der Waals surface area contributed by atoms with Gasteiger partial charge in [0.15, 0.2) is 5.13 Å². The van der Waals surface area contributed by atoms with Crippen molar-refractivity contribution in [2.75, 3.05) is 26.0 Å². The summed E-state index contributed by atoms with van der Waals surface area (Å²) in [7, 11) is 3.88. The molecule has 7 heteroatoms. The summed E-state index contributed by atoms with van der Waals surface area (Å²) in [5, 5.41) is 7.86. The molecule has 1 atom stereocenters. The van der Waals surface area contributed by atoms with Crippen LogP contribution in [0.2, 0.25) is 0 Å².